The van der Waals surface area contributed by atoms with Gasteiger partial charge in [0.15, 0.2) is 0 Å². The molecule has 6 nitrogen and oxygen atoms in total. The van der Waals surface area contributed by atoms with Crippen LogP contribution in [0, 0.1) is 0 Å². The number of aliphatic hydroxyl groups excluding tert-OH is 1. The maximum atomic E-state index is 10.2. The Hall–Kier alpha value is -1.82. The highest BCUT2D eigenvalue weighted by atomic mass is 16.5. The summed E-state index contributed by atoms with van der Waals surface area (Å²) in [7, 11) is 0. The summed E-state index contributed by atoms with van der Waals surface area (Å²) in [5.74, 6) is 0.343. The first-order valence-corrected chi connectivity index (χ1v) is 3.92. The van der Waals surface area contributed by atoms with Gasteiger partial charge in [-0.3, -0.25) is 5.32 Å². The zero-order chi connectivity index (χ0) is 10.4. The second-order valence-electron chi connectivity index (χ2n) is 2.39. The Kier molecular flexibility index (Phi) is 3.69. The number of aliphatic hydroxyl groups is 1. The van der Waals surface area contributed by atoms with Crippen LogP contribution in [-0.4, -0.2) is 34.5 Å². The molecule has 0 aliphatic carbocycles. The van der Waals surface area contributed by atoms with Crippen LogP contribution in [0.15, 0.2) is 18.3 Å². The number of aromatic nitrogens is 1. The van der Waals surface area contributed by atoms with E-state index in [2.05, 4.69) is 10.3 Å². The Bertz CT molecular complexity index is 299. The lowest BCUT2D eigenvalue weighted by Gasteiger charge is -2.03. The molecule has 1 rings (SSSR count). The van der Waals surface area contributed by atoms with Gasteiger partial charge < -0.3 is 14.9 Å². The molecule has 0 radical (unpaired) electrons. The van der Waals surface area contributed by atoms with Crippen LogP contribution in [0.2, 0.25) is 0 Å². The lowest BCUT2D eigenvalue weighted by atomic mass is 10.4. The number of anilines is 1. The third-order valence-corrected chi connectivity index (χ3v) is 1.33. The first-order valence-electron chi connectivity index (χ1n) is 3.92. The summed E-state index contributed by atoms with van der Waals surface area (Å²) < 4.78 is 4.98. The number of rotatable bonds is 4. The highest BCUT2D eigenvalue weighted by molar-refractivity contribution is 5.82. The standard InChI is InChI=1S/C8H10N2O4/c11-3-4-14-7-2-1-6(5-9-7)10-8(12)13/h1-2,5,10-11H,3-4H2,(H,12,13). The second kappa shape index (κ2) is 5.03. The predicted octanol–water partition coefficient (Wildman–Crippen LogP) is 0.543. The minimum Gasteiger partial charge on any atom is -0.475 e. The van der Waals surface area contributed by atoms with E-state index < -0.39 is 6.09 Å². The molecule has 1 aromatic rings. The molecular formula is C8H10N2O4. The number of hydrogen-bond acceptors (Lipinski definition) is 4. The molecule has 3 N–H and O–H groups in total. The van der Waals surface area contributed by atoms with Crippen molar-refractivity contribution in [3.8, 4) is 5.88 Å². The zero-order valence-electron chi connectivity index (χ0n) is 7.30. The number of carboxylic acid groups (broad SMARTS) is 1. The van der Waals surface area contributed by atoms with Crippen LogP contribution in [0.4, 0.5) is 10.5 Å². The smallest absolute Gasteiger partial charge is 0.409 e. The third kappa shape index (κ3) is 3.28. The molecule has 6 heteroatoms. The second-order valence-corrected chi connectivity index (χ2v) is 2.39. The van der Waals surface area contributed by atoms with Gasteiger partial charge in [-0.15, -0.1) is 0 Å². The summed E-state index contributed by atoms with van der Waals surface area (Å²) in [6.07, 6.45) is 0.191. The van der Waals surface area contributed by atoms with Gasteiger partial charge in [0.05, 0.1) is 18.5 Å². The zero-order valence-corrected chi connectivity index (χ0v) is 7.30. The van der Waals surface area contributed by atoms with Gasteiger partial charge in [-0.05, 0) is 6.07 Å². The van der Waals surface area contributed by atoms with Gasteiger partial charge in [0.25, 0.3) is 0 Å². The van der Waals surface area contributed by atoms with E-state index in [4.69, 9.17) is 14.9 Å². The fourth-order valence-corrected chi connectivity index (χ4v) is 0.813. The number of carbonyl (C=O) groups is 1. The van der Waals surface area contributed by atoms with Crippen LogP contribution in [0.3, 0.4) is 0 Å². The number of nitrogens with one attached hydrogen (secondary N) is 1. The molecule has 1 heterocycles. The van der Waals surface area contributed by atoms with Crippen molar-refractivity contribution >= 4 is 11.8 Å². The van der Waals surface area contributed by atoms with Gasteiger partial charge in [0, 0.05) is 6.07 Å². The molecule has 1 amide bonds. The molecule has 1 aromatic heterocycles. The Morgan fingerprint density at radius 1 is 1.57 bits per heavy atom. The Morgan fingerprint density at radius 3 is 2.86 bits per heavy atom. The molecule has 0 saturated carbocycles. The SMILES string of the molecule is O=C(O)Nc1ccc(OCCO)nc1. The lowest BCUT2D eigenvalue weighted by molar-refractivity contribution is 0.196. The van der Waals surface area contributed by atoms with E-state index in [1.807, 2.05) is 0 Å². The Labute approximate surface area is 80.2 Å². The third-order valence-electron chi connectivity index (χ3n) is 1.33. The average Bonchev–Trinajstić information content (AvgIpc) is 2.16. The molecule has 0 bridgehead atoms. The van der Waals surface area contributed by atoms with Gasteiger partial charge in [-0.1, -0.05) is 0 Å². The normalized spacial score (nSPS) is 9.50. The summed E-state index contributed by atoms with van der Waals surface area (Å²) in [4.78, 5) is 14.0. The molecule has 0 atom stereocenters. The first kappa shape index (κ1) is 10.3. The summed E-state index contributed by atoms with van der Waals surface area (Å²) in [6.45, 7) is 0.0789. The Morgan fingerprint density at radius 2 is 2.36 bits per heavy atom. The molecule has 0 aliphatic rings. The maximum absolute atomic E-state index is 10.2. The van der Waals surface area contributed by atoms with E-state index in [0.29, 0.717) is 11.6 Å². The van der Waals surface area contributed by atoms with E-state index in [9.17, 15) is 4.79 Å². The van der Waals surface area contributed by atoms with Crippen molar-refractivity contribution in [2.75, 3.05) is 18.5 Å². The molecule has 76 valence electrons. The van der Waals surface area contributed by atoms with Crippen LogP contribution >= 0.6 is 0 Å². The van der Waals surface area contributed by atoms with Crippen molar-refractivity contribution in [2.24, 2.45) is 0 Å². The monoisotopic (exact) mass is 198 g/mol. The minimum absolute atomic E-state index is 0.0865. The summed E-state index contributed by atoms with van der Waals surface area (Å²) in [5, 5.41) is 19.0. The number of nitrogens with zero attached hydrogens (tertiary/aromatic N) is 1. The molecule has 0 aromatic carbocycles. The van der Waals surface area contributed by atoms with E-state index in [1.165, 1.54) is 18.3 Å². The van der Waals surface area contributed by atoms with Gasteiger partial charge >= 0.3 is 6.09 Å². The van der Waals surface area contributed by atoms with Gasteiger partial charge in [-0.2, -0.15) is 0 Å². The quantitative estimate of drug-likeness (QED) is 0.656. The van der Waals surface area contributed by atoms with Gasteiger partial charge in [-0.25, -0.2) is 9.78 Å². The van der Waals surface area contributed by atoms with E-state index in [-0.39, 0.29) is 13.2 Å². The maximum Gasteiger partial charge on any atom is 0.409 e. The molecule has 14 heavy (non-hydrogen) atoms. The largest absolute Gasteiger partial charge is 0.475 e. The first-order chi connectivity index (χ1) is 6.72. The van der Waals surface area contributed by atoms with Crippen molar-refractivity contribution in [1.82, 2.24) is 4.98 Å². The fourth-order valence-electron chi connectivity index (χ4n) is 0.813. The lowest BCUT2D eigenvalue weighted by Crippen LogP contribution is -2.08. The number of hydrogen-bond donors (Lipinski definition) is 3. The van der Waals surface area contributed by atoms with Gasteiger partial charge in [0.2, 0.25) is 5.88 Å². The van der Waals surface area contributed by atoms with Crippen LogP contribution in [0.25, 0.3) is 0 Å². The summed E-state index contributed by atoms with van der Waals surface area (Å²) in [6, 6.07) is 3.04. The molecule has 0 unspecified atom stereocenters. The van der Waals surface area contributed by atoms with E-state index in [0.717, 1.165) is 0 Å². The number of ether oxygens (including phenoxy) is 1. The number of pyridine rings is 1. The summed E-state index contributed by atoms with van der Waals surface area (Å²) >= 11 is 0. The molecule has 0 spiro atoms. The number of amides is 1. The van der Waals surface area contributed by atoms with Crippen molar-refractivity contribution in [1.29, 1.82) is 0 Å². The highest BCUT2D eigenvalue weighted by Crippen LogP contribution is 2.10. The molecular weight excluding hydrogens is 188 g/mol. The molecule has 0 fully saturated rings. The average molecular weight is 198 g/mol. The van der Waals surface area contributed by atoms with E-state index in [1.54, 1.807) is 0 Å². The molecule has 0 aliphatic heterocycles. The van der Waals surface area contributed by atoms with E-state index >= 15 is 0 Å². The molecule has 0 saturated heterocycles. The van der Waals surface area contributed by atoms with Crippen molar-refractivity contribution in [3.63, 3.8) is 0 Å². The summed E-state index contributed by atoms with van der Waals surface area (Å²) in [5.41, 5.74) is 0.369. The van der Waals surface area contributed by atoms with Crippen molar-refractivity contribution in [3.05, 3.63) is 18.3 Å². The van der Waals surface area contributed by atoms with Crippen LogP contribution in [0.5, 0.6) is 5.88 Å². The predicted molar refractivity (Wildman–Crippen MR) is 48.5 cm³/mol. The highest BCUT2D eigenvalue weighted by Gasteiger charge is 1.99. The fraction of sp³-hybridized carbons (Fsp3) is 0.250. The Balaban J connectivity index is 2.54. The van der Waals surface area contributed by atoms with Crippen LogP contribution in [0.1, 0.15) is 0 Å². The topological polar surface area (TPSA) is 91.7 Å². The van der Waals surface area contributed by atoms with Crippen LogP contribution < -0.4 is 10.1 Å². The van der Waals surface area contributed by atoms with Crippen molar-refractivity contribution < 1.29 is 19.7 Å². The van der Waals surface area contributed by atoms with Crippen LogP contribution in [-0.2, 0) is 0 Å². The van der Waals surface area contributed by atoms with Crippen molar-refractivity contribution in [2.45, 2.75) is 0 Å². The van der Waals surface area contributed by atoms with Gasteiger partial charge in [0.1, 0.15) is 6.61 Å². The minimum atomic E-state index is -1.14.